The second kappa shape index (κ2) is 7.24. The van der Waals surface area contributed by atoms with Gasteiger partial charge in [-0.2, -0.15) is 0 Å². The third-order valence-electron chi connectivity index (χ3n) is 3.34. The number of nitrogens with zero attached hydrogens (tertiary/aromatic N) is 2. The topological polar surface area (TPSA) is 51.0 Å². The largest absolute Gasteiger partial charge is 0.493 e. The summed E-state index contributed by atoms with van der Waals surface area (Å²) in [5.74, 6) is 1.36. The number of nitrogens with two attached hydrogens (primary N) is 1. The van der Waals surface area contributed by atoms with E-state index in [0.717, 1.165) is 18.8 Å². The third-order valence-corrected chi connectivity index (χ3v) is 3.34. The van der Waals surface area contributed by atoms with Crippen LogP contribution >= 0.6 is 0 Å². The van der Waals surface area contributed by atoms with Crippen molar-refractivity contribution in [1.82, 2.24) is 4.90 Å². The fourth-order valence-electron chi connectivity index (χ4n) is 2.48. The molecule has 0 aliphatic carbocycles. The monoisotopic (exact) mass is 281 g/mol. The molecule has 2 N–H and O–H groups in total. The molecule has 0 aliphatic heterocycles. The van der Waals surface area contributed by atoms with E-state index in [0.29, 0.717) is 23.2 Å². The lowest BCUT2D eigenvalue weighted by Crippen LogP contribution is -2.40. The molecule has 0 aromatic heterocycles. The molecule has 20 heavy (non-hydrogen) atoms. The van der Waals surface area contributed by atoms with E-state index in [1.165, 1.54) is 0 Å². The van der Waals surface area contributed by atoms with Gasteiger partial charge in [-0.15, -0.1) is 0 Å². The number of hydrogen-bond donors (Lipinski definition) is 1. The zero-order valence-corrected chi connectivity index (χ0v) is 13.4. The highest BCUT2D eigenvalue weighted by atomic mass is 16.5. The number of benzene rings is 1. The highest BCUT2D eigenvalue weighted by molar-refractivity contribution is 5.73. The Kier molecular flexibility index (Phi) is 5.95. The van der Waals surface area contributed by atoms with E-state index < -0.39 is 0 Å². The number of hydrogen-bond acceptors (Lipinski definition) is 5. The van der Waals surface area contributed by atoms with Gasteiger partial charge >= 0.3 is 0 Å². The van der Waals surface area contributed by atoms with E-state index in [2.05, 4.69) is 37.7 Å². The maximum Gasteiger partial charge on any atom is 0.162 e. The second-order valence-electron chi connectivity index (χ2n) is 5.16. The van der Waals surface area contributed by atoms with Crippen LogP contribution in [0.1, 0.15) is 13.8 Å². The zero-order chi connectivity index (χ0) is 15.3. The molecule has 1 unspecified atom stereocenters. The first-order chi connectivity index (χ1) is 9.44. The first-order valence-electron chi connectivity index (χ1n) is 6.87. The summed E-state index contributed by atoms with van der Waals surface area (Å²) in [4.78, 5) is 4.45. The van der Waals surface area contributed by atoms with Gasteiger partial charge in [0, 0.05) is 31.3 Å². The summed E-state index contributed by atoms with van der Waals surface area (Å²) < 4.78 is 10.6. The molecule has 0 bridgehead atoms. The lowest BCUT2D eigenvalue weighted by Gasteiger charge is -2.33. The average Bonchev–Trinajstić information content (AvgIpc) is 2.39. The Morgan fingerprint density at radius 3 is 2.15 bits per heavy atom. The van der Waals surface area contributed by atoms with Gasteiger partial charge in [0.25, 0.3) is 0 Å². The summed E-state index contributed by atoms with van der Waals surface area (Å²) in [6.07, 6.45) is 0. The smallest absolute Gasteiger partial charge is 0.162 e. The molecule has 1 aromatic carbocycles. The predicted octanol–water partition coefficient (Wildman–Crippen LogP) is 2.06. The van der Waals surface area contributed by atoms with E-state index in [1.807, 2.05) is 12.1 Å². The molecule has 5 heteroatoms. The number of likely N-dealkylation sites (N-methyl/N-ethyl adjacent to an activating group) is 2. The molecule has 0 saturated heterocycles. The molecule has 0 amide bonds. The van der Waals surface area contributed by atoms with Crippen molar-refractivity contribution < 1.29 is 9.47 Å². The van der Waals surface area contributed by atoms with Crippen LogP contribution in [-0.4, -0.2) is 52.3 Å². The molecular weight excluding hydrogens is 254 g/mol. The molecular formula is C15H27N3O2. The molecule has 0 aliphatic rings. The minimum absolute atomic E-state index is 0.357. The van der Waals surface area contributed by atoms with Crippen molar-refractivity contribution in [2.24, 2.45) is 0 Å². The van der Waals surface area contributed by atoms with Gasteiger partial charge in [0.2, 0.25) is 0 Å². The van der Waals surface area contributed by atoms with E-state index >= 15 is 0 Å². The van der Waals surface area contributed by atoms with E-state index in [1.54, 1.807) is 14.2 Å². The Balaban J connectivity index is 3.14. The van der Waals surface area contributed by atoms with Crippen LogP contribution in [0.3, 0.4) is 0 Å². The van der Waals surface area contributed by atoms with Gasteiger partial charge < -0.3 is 25.0 Å². The summed E-state index contributed by atoms with van der Waals surface area (Å²) in [5.41, 5.74) is 7.86. The summed E-state index contributed by atoms with van der Waals surface area (Å²) in [6, 6.07) is 4.12. The SMILES string of the molecule is CCN(c1cc(OC)c(OC)cc1N)C(C)CN(C)C. The van der Waals surface area contributed by atoms with Crippen LogP contribution in [0.15, 0.2) is 12.1 Å². The molecule has 0 radical (unpaired) electrons. The number of methoxy groups -OCH3 is 2. The molecule has 0 saturated carbocycles. The Hall–Kier alpha value is -1.62. The Labute approximate surface area is 122 Å². The first kappa shape index (κ1) is 16.4. The minimum atomic E-state index is 0.357. The quantitative estimate of drug-likeness (QED) is 0.775. The van der Waals surface area contributed by atoms with Crippen LogP contribution in [-0.2, 0) is 0 Å². The van der Waals surface area contributed by atoms with Crippen LogP contribution in [0.2, 0.25) is 0 Å². The van der Waals surface area contributed by atoms with Crippen molar-refractivity contribution >= 4 is 11.4 Å². The van der Waals surface area contributed by atoms with Crippen LogP contribution in [0, 0.1) is 0 Å². The maximum absolute atomic E-state index is 6.17. The number of anilines is 2. The van der Waals surface area contributed by atoms with Crippen molar-refractivity contribution in [1.29, 1.82) is 0 Å². The van der Waals surface area contributed by atoms with Crippen LogP contribution in [0.4, 0.5) is 11.4 Å². The molecule has 1 atom stereocenters. The van der Waals surface area contributed by atoms with Crippen LogP contribution < -0.4 is 20.1 Å². The standard InChI is InChI=1S/C15H27N3O2/c1-7-18(11(2)10-17(3)4)13-9-15(20-6)14(19-5)8-12(13)16/h8-9,11H,7,10,16H2,1-6H3. The number of ether oxygens (including phenoxy) is 2. The number of rotatable bonds is 7. The van der Waals surface area contributed by atoms with Gasteiger partial charge in [-0.25, -0.2) is 0 Å². The lowest BCUT2D eigenvalue weighted by molar-refractivity contribution is 0.354. The average molecular weight is 281 g/mol. The molecule has 114 valence electrons. The Bertz CT molecular complexity index is 435. The molecule has 0 fully saturated rings. The molecule has 1 rings (SSSR count). The van der Waals surface area contributed by atoms with E-state index in [4.69, 9.17) is 15.2 Å². The van der Waals surface area contributed by atoms with Crippen molar-refractivity contribution in [3.05, 3.63) is 12.1 Å². The van der Waals surface area contributed by atoms with Gasteiger partial charge in [0.1, 0.15) is 0 Å². The fraction of sp³-hybridized carbons (Fsp3) is 0.600. The van der Waals surface area contributed by atoms with Crippen LogP contribution in [0.5, 0.6) is 11.5 Å². The van der Waals surface area contributed by atoms with Crippen molar-refractivity contribution in [3.8, 4) is 11.5 Å². The van der Waals surface area contributed by atoms with Gasteiger partial charge in [0.05, 0.1) is 25.6 Å². The zero-order valence-electron chi connectivity index (χ0n) is 13.4. The molecule has 1 aromatic rings. The van der Waals surface area contributed by atoms with Crippen molar-refractivity contribution in [2.75, 3.05) is 52.0 Å². The summed E-state index contributed by atoms with van der Waals surface area (Å²) in [5, 5.41) is 0. The Morgan fingerprint density at radius 1 is 1.15 bits per heavy atom. The highest BCUT2D eigenvalue weighted by Crippen LogP contribution is 2.37. The van der Waals surface area contributed by atoms with E-state index in [9.17, 15) is 0 Å². The predicted molar refractivity (Wildman–Crippen MR) is 85.0 cm³/mol. The lowest BCUT2D eigenvalue weighted by atomic mass is 10.1. The number of nitrogen functional groups attached to an aromatic ring is 1. The second-order valence-corrected chi connectivity index (χ2v) is 5.16. The maximum atomic E-state index is 6.17. The summed E-state index contributed by atoms with van der Waals surface area (Å²) in [6.45, 7) is 6.16. The van der Waals surface area contributed by atoms with Gasteiger partial charge in [0.15, 0.2) is 11.5 Å². The van der Waals surface area contributed by atoms with Gasteiger partial charge in [-0.05, 0) is 27.9 Å². The van der Waals surface area contributed by atoms with Gasteiger partial charge in [-0.3, -0.25) is 0 Å². The molecule has 0 heterocycles. The van der Waals surface area contributed by atoms with Gasteiger partial charge in [-0.1, -0.05) is 0 Å². The van der Waals surface area contributed by atoms with E-state index in [-0.39, 0.29) is 0 Å². The van der Waals surface area contributed by atoms with Crippen LogP contribution in [0.25, 0.3) is 0 Å². The first-order valence-corrected chi connectivity index (χ1v) is 6.87. The Morgan fingerprint density at radius 2 is 1.70 bits per heavy atom. The van der Waals surface area contributed by atoms with Crippen molar-refractivity contribution in [3.63, 3.8) is 0 Å². The highest BCUT2D eigenvalue weighted by Gasteiger charge is 2.18. The molecule has 0 spiro atoms. The normalized spacial score (nSPS) is 12.3. The minimum Gasteiger partial charge on any atom is -0.493 e. The van der Waals surface area contributed by atoms with Crippen molar-refractivity contribution in [2.45, 2.75) is 19.9 Å². The summed E-state index contributed by atoms with van der Waals surface area (Å²) >= 11 is 0. The third kappa shape index (κ3) is 3.70. The fourth-order valence-corrected chi connectivity index (χ4v) is 2.48. The summed E-state index contributed by atoms with van der Waals surface area (Å²) in [7, 11) is 7.39. The molecule has 5 nitrogen and oxygen atoms in total.